The highest BCUT2D eigenvalue weighted by molar-refractivity contribution is 9.10. The summed E-state index contributed by atoms with van der Waals surface area (Å²) in [5.41, 5.74) is 2.13. The van der Waals surface area contributed by atoms with Crippen LogP contribution in [0.3, 0.4) is 0 Å². The van der Waals surface area contributed by atoms with Crippen LogP contribution in [0.2, 0.25) is 0 Å². The van der Waals surface area contributed by atoms with Gasteiger partial charge in [-0.1, -0.05) is 6.92 Å². The largest absolute Gasteiger partial charge is 0.309 e. The molecule has 0 spiro atoms. The van der Waals surface area contributed by atoms with E-state index in [1.165, 1.54) is 5.56 Å². The Morgan fingerprint density at radius 2 is 2.11 bits per heavy atom. The lowest BCUT2D eigenvalue weighted by molar-refractivity contribution is 0.534. The maximum absolute atomic E-state index is 4.36. The van der Waals surface area contributed by atoms with Crippen molar-refractivity contribution in [2.45, 2.75) is 19.4 Å². The van der Waals surface area contributed by atoms with Gasteiger partial charge in [0.05, 0.1) is 11.7 Å². The van der Waals surface area contributed by atoms with Gasteiger partial charge in [-0.2, -0.15) is 0 Å². The number of aromatic nitrogens is 3. The number of nitrogens with zero attached hydrogens (tertiary/aromatic N) is 3. The lowest BCUT2D eigenvalue weighted by Gasteiger charge is -2.16. The first-order valence-corrected chi connectivity index (χ1v) is 6.67. The Balaban J connectivity index is 2.16. The zero-order valence-electron chi connectivity index (χ0n) is 10.2. The van der Waals surface area contributed by atoms with E-state index in [0.29, 0.717) is 0 Å². The van der Waals surface area contributed by atoms with Crippen LogP contribution >= 0.6 is 15.9 Å². The first-order valence-electron chi connectivity index (χ1n) is 5.88. The van der Waals surface area contributed by atoms with Gasteiger partial charge in [-0.3, -0.25) is 15.0 Å². The minimum atomic E-state index is 0.166. The molecule has 18 heavy (non-hydrogen) atoms. The summed E-state index contributed by atoms with van der Waals surface area (Å²) >= 11 is 3.44. The van der Waals surface area contributed by atoms with Crippen LogP contribution in [0.25, 0.3) is 0 Å². The van der Waals surface area contributed by atoms with Gasteiger partial charge in [0.1, 0.15) is 0 Å². The van der Waals surface area contributed by atoms with Gasteiger partial charge in [0.2, 0.25) is 0 Å². The predicted octanol–water partition coefficient (Wildman–Crippen LogP) is 2.53. The highest BCUT2D eigenvalue weighted by Gasteiger charge is 2.12. The van der Waals surface area contributed by atoms with Gasteiger partial charge < -0.3 is 5.32 Å². The summed E-state index contributed by atoms with van der Waals surface area (Å²) in [7, 11) is 0. The third-order valence-electron chi connectivity index (χ3n) is 2.59. The zero-order valence-corrected chi connectivity index (χ0v) is 11.8. The molecule has 2 aromatic heterocycles. The molecule has 0 amide bonds. The van der Waals surface area contributed by atoms with Crippen LogP contribution in [0.4, 0.5) is 0 Å². The van der Waals surface area contributed by atoms with Crippen LogP contribution in [0.1, 0.15) is 24.2 Å². The van der Waals surface area contributed by atoms with Crippen LogP contribution in [0.5, 0.6) is 0 Å². The molecule has 1 atom stereocenters. The highest BCUT2D eigenvalue weighted by atomic mass is 79.9. The van der Waals surface area contributed by atoms with E-state index in [1.54, 1.807) is 24.8 Å². The molecule has 0 saturated carbocycles. The molecule has 5 heteroatoms. The molecule has 94 valence electrons. The molecule has 0 aliphatic rings. The quantitative estimate of drug-likeness (QED) is 0.922. The van der Waals surface area contributed by atoms with Crippen molar-refractivity contribution in [3.8, 4) is 0 Å². The minimum Gasteiger partial charge on any atom is -0.309 e. The van der Waals surface area contributed by atoms with Crippen LogP contribution in [0.15, 0.2) is 41.5 Å². The Bertz CT molecular complexity index is 489. The van der Waals surface area contributed by atoms with Crippen molar-refractivity contribution in [3.63, 3.8) is 0 Å². The van der Waals surface area contributed by atoms with Gasteiger partial charge in [-0.05, 0) is 40.5 Å². The Hall–Kier alpha value is -1.33. The van der Waals surface area contributed by atoms with Crippen LogP contribution in [0, 0.1) is 0 Å². The molecular weight excluding hydrogens is 292 g/mol. The van der Waals surface area contributed by atoms with Crippen molar-refractivity contribution in [1.29, 1.82) is 0 Å². The molecule has 4 nitrogen and oxygen atoms in total. The maximum atomic E-state index is 4.36. The van der Waals surface area contributed by atoms with Gasteiger partial charge in [-0.15, -0.1) is 0 Å². The van der Waals surface area contributed by atoms with E-state index in [9.17, 15) is 0 Å². The monoisotopic (exact) mass is 306 g/mol. The molecule has 1 N–H and O–H groups in total. The summed E-state index contributed by atoms with van der Waals surface area (Å²) in [6.45, 7) is 2.98. The van der Waals surface area contributed by atoms with E-state index >= 15 is 0 Å². The number of rotatable bonds is 5. The number of halogens is 1. The normalized spacial score (nSPS) is 12.3. The number of hydrogen-bond donors (Lipinski definition) is 1. The lowest BCUT2D eigenvalue weighted by Crippen LogP contribution is -2.24. The molecule has 2 heterocycles. The van der Waals surface area contributed by atoms with Crippen molar-refractivity contribution in [2.24, 2.45) is 0 Å². The molecule has 0 aliphatic carbocycles. The van der Waals surface area contributed by atoms with E-state index in [2.05, 4.69) is 49.2 Å². The highest BCUT2D eigenvalue weighted by Crippen LogP contribution is 2.17. The fraction of sp³-hybridized carbons (Fsp3) is 0.308. The second-order valence-electron chi connectivity index (χ2n) is 3.96. The van der Waals surface area contributed by atoms with Gasteiger partial charge in [0.15, 0.2) is 0 Å². The van der Waals surface area contributed by atoms with Crippen molar-refractivity contribution in [2.75, 3.05) is 6.54 Å². The average Bonchev–Trinajstić information content (AvgIpc) is 2.39. The van der Waals surface area contributed by atoms with Gasteiger partial charge in [0.25, 0.3) is 0 Å². The molecule has 0 fully saturated rings. The van der Waals surface area contributed by atoms with Gasteiger partial charge in [-0.25, -0.2) is 0 Å². The van der Waals surface area contributed by atoms with E-state index < -0.39 is 0 Å². The number of hydrogen-bond acceptors (Lipinski definition) is 4. The summed E-state index contributed by atoms with van der Waals surface area (Å²) in [5, 5.41) is 3.42. The van der Waals surface area contributed by atoms with Crippen LogP contribution in [-0.2, 0) is 6.42 Å². The summed E-state index contributed by atoms with van der Waals surface area (Å²) in [4.78, 5) is 12.7. The molecule has 0 aromatic carbocycles. The molecule has 0 aliphatic heterocycles. The molecule has 1 unspecified atom stereocenters. The fourth-order valence-corrected chi connectivity index (χ4v) is 2.23. The molecule has 0 saturated heterocycles. The van der Waals surface area contributed by atoms with Crippen molar-refractivity contribution >= 4 is 15.9 Å². The van der Waals surface area contributed by atoms with E-state index in [1.807, 2.05) is 6.20 Å². The second-order valence-corrected chi connectivity index (χ2v) is 4.87. The van der Waals surface area contributed by atoms with Gasteiger partial charge in [0, 0.05) is 35.5 Å². The Kier molecular flexibility index (Phi) is 4.78. The van der Waals surface area contributed by atoms with Crippen molar-refractivity contribution in [1.82, 2.24) is 20.3 Å². The fourth-order valence-electron chi connectivity index (χ4n) is 1.82. The average molecular weight is 307 g/mol. The van der Waals surface area contributed by atoms with Crippen molar-refractivity contribution < 1.29 is 0 Å². The van der Waals surface area contributed by atoms with E-state index in [4.69, 9.17) is 0 Å². The standard InChI is InChI=1S/C13H15BrN4/c1-2-17-12(13-9-15-3-4-18-13)6-10-5-11(14)8-16-7-10/h3-5,7-9,12,17H,2,6H2,1H3. The second kappa shape index (κ2) is 6.56. The third-order valence-corrected chi connectivity index (χ3v) is 3.03. The predicted molar refractivity (Wildman–Crippen MR) is 74.1 cm³/mol. The number of likely N-dealkylation sites (N-methyl/N-ethyl adjacent to an activating group) is 1. The Morgan fingerprint density at radius 1 is 1.22 bits per heavy atom. The maximum Gasteiger partial charge on any atom is 0.0759 e. The zero-order chi connectivity index (χ0) is 12.8. The molecule has 0 bridgehead atoms. The topological polar surface area (TPSA) is 50.7 Å². The molecule has 0 radical (unpaired) electrons. The first-order chi connectivity index (χ1) is 8.79. The Labute approximate surface area is 115 Å². The van der Waals surface area contributed by atoms with E-state index in [-0.39, 0.29) is 6.04 Å². The van der Waals surface area contributed by atoms with Crippen LogP contribution in [-0.4, -0.2) is 21.5 Å². The summed E-state index contributed by atoms with van der Waals surface area (Å²) in [6.07, 6.45) is 9.73. The lowest BCUT2D eigenvalue weighted by atomic mass is 10.1. The minimum absolute atomic E-state index is 0.166. The number of nitrogens with one attached hydrogen (secondary N) is 1. The molecule has 2 rings (SSSR count). The number of pyridine rings is 1. The van der Waals surface area contributed by atoms with Gasteiger partial charge >= 0.3 is 0 Å². The summed E-state index contributed by atoms with van der Waals surface area (Å²) < 4.78 is 0.995. The first kappa shape index (κ1) is 13.1. The molecule has 2 aromatic rings. The summed E-state index contributed by atoms with van der Waals surface area (Å²) in [6, 6.07) is 2.24. The van der Waals surface area contributed by atoms with E-state index in [0.717, 1.165) is 23.1 Å². The summed E-state index contributed by atoms with van der Waals surface area (Å²) in [5.74, 6) is 0. The third kappa shape index (κ3) is 3.58. The van der Waals surface area contributed by atoms with Crippen molar-refractivity contribution in [3.05, 3.63) is 52.8 Å². The Morgan fingerprint density at radius 3 is 2.78 bits per heavy atom. The SMILES string of the molecule is CCNC(Cc1cncc(Br)c1)c1cnccn1. The molecular formula is C13H15BrN4. The van der Waals surface area contributed by atoms with Crippen LogP contribution < -0.4 is 5.32 Å². The smallest absolute Gasteiger partial charge is 0.0759 e.